The van der Waals surface area contributed by atoms with Crippen LogP contribution in [0.15, 0.2) is 30.3 Å². The van der Waals surface area contributed by atoms with E-state index < -0.39 is 24.0 Å². The standard InChI is InChI=1S/C17H22O6/c1-12(18)14(11-15(19)20)9-6-10-23-17(21)16(22-2)13-7-4-3-5-8-13/h3-5,7-8,14,16H,6,9-11H2,1-2H3,(H,19,20). The highest BCUT2D eigenvalue weighted by Crippen LogP contribution is 2.18. The monoisotopic (exact) mass is 322 g/mol. The molecule has 1 rings (SSSR count). The molecule has 0 radical (unpaired) electrons. The third kappa shape index (κ3) is 6.61. The number of aliphatic carboxylic acids is 1. The highest BCUT2D eigenvalue weighted by Gasteiger charge is 2.22. The zero-order valence-electron chi connectivity index (χ0n) is 13.4. The molecule has 0 bridgehead atoms. The molecule has 1 aromatic rings. The highest BCUT2D eigenvalue weighted by molar-refractivity contribution is 5.82. The number of carboxylic acid groups (broad SMARTS) is 1. The van der Waals surface area contributed by atoms with Crippen LogP contribution in [0.2, 0.25) is 0 Å². The molecule has 0 aliphatic heterocycles. The molecular formula is C17H22O6. The van der Waals surface area contributed by atoms with Gasteiger partial charge in [0.1, 0.15) is 5.78 Å². The Morgan fingerprint density at radius 1 is 1.17 bits per heavy atom. The zero-order valence-corrected chi connectivity index (χ0v) is 13.4. The molecule has 0 amide bonds. The molecular weight excluding hydrogens is 300 g/mol. The van der Waals surface area contributed by atoms with Crippen LogP contribution in [0.5, 0.6) is 0 Å². The van der Waals surface area contributed by atoms with Gasteiger partial charge in [-0.25, -0.2) is 4.79 Å². The molecule has 1 N–H and O–H groups in total. The Bertz CT molecular complexity index is 525. The van der Waals surface area contributed by atoms with Crippen molar-refractivity contribution in [2.45, 2.75) is 32.3 Å². The van der Waals surface area contributed by atoms with Crippen LogP contribution in [-0.2, 0) is 23.9 Å². The molecule has 126 valence electrons. The minimum Gasteiger partial charge on any atom is -0.481 e. The van der Waals surface area contributed by atoms with Crippen LogP contribution in [0, 0.1) is 5.92 Å². The van der Waals surface area contributed by atoms with Gasteiger partial charge >= 0.3 is 11.9 Å². The van der Waals surface area contributed by atoms with Crippen LogP contribution in [0.1, 0.15) is 37.9 Å². The quantitative estimate of drug-likeness (QED) is 0.525. The summed E-state index contributed by atoms with van der Waals surface area (Å²) >= 11 is 0. The van der Waals surface area contributed by atoms with Gasteiger partial charge < -0.3 is 14.6 Å². The number of methoxy groups -OCH3 is 1. The second-order valence-corrected chi connectivity index (χ2v) is 5.24. The first-order valence-electron chi connectivity index (χ1n) is 7.42. The van der Waals surface area contributed by atoms with Gasteiger partial charge in [0.05, 0.1) is 13.0 Å². The third-order valence-electron chi connectivity index (χ3n) is 3.49. The number of rotatable bonds is 10. The van der Waals surface area contributed by atoms with Crippen LogP contribution in [0.25, 0.3) is 0 Å². The molecule has 0 aliphatic rings. The van der Waals surface area contributed by atoms with Gasteiger partial charge in [-0.3, -0.25) is 9.59 Å². The van der Waals surface area contributed by atoms with E-state index in [0.29, 0.717) is 18.4 Å². The summed E-state index contributed by atoms with van der Waals surface area (Å²) in [7, 11) is 1.43. The zero-order chi connectivity index (χ0) is 17.2. The molecule has 0 fully saturated rings. The van der Waals surface area contributed by atoms with Crippen molar-refractivity contribution in [3.05, 3.63) is 35.9 Å². The number of carboxylic acids is 1. The van der Waals surface area contributed by atoms with Gasteiger partial charge in [0.2, 0.25) is 0 Å². The summed E-state index contributed by atoms with van der Waals surface area (Å²) < 4.78 is 10.3. The highest BCUT2D eigenvalue weighted by atomic mass is 16.6. The first-order valence-corrected chi connectivity index (χ1v) is 7.42. The van der Waals surface area contributed by atoms with Gasteiger partial charge in [-0.15, -0.1) is 0 Å². The summed E-state index contributed by atoms with van der Waals surface area (Å²) in [6.45, 7) is 1.49. The number of hydrogen-bond donors (Lipinski definition) is 1. The number of carbonyl (C=O) groups is 3. The van der Waals surface area contributed by atoms with Crippen LogP contribution < -0.4 is 0 Å². The molecule has 0 saturated heterocycles. The second kappa shape index (κ2) is 9.74. The maximum Gasteiger partial charge on any atom is 0.339 e. The van der Waals surface area contributed by atoms with Crippen molar-refractivity contribution in [3.8, 4) is 0 Å². The van der Waals surface area contributed by atoms with Crippen molar-refractivity contribution in [1.29, 1.82) is 0 Å². The SMILES string of the molecule is COC(C(=O)OCCCC(CC(=O)O)C(C)=O)c1ccccc1. The Morgan fingerprint density at radius 3 is 2.35 bits per heavy atom. The van der Waals surface area contributed by atoms with Crippen molar-refractivity contribution in [2.75, 3.05) is 13.7 Å². The molecule has 2 atom stereocenters. The minimum absolute atomic E-state index is 0.120. The predicted molar refractivity (Wildman–Crippen MR) is 82.8 cm³/mol. The van der Waals surface area contributed by atoms with E-state index in [4.69, 9.17) is 14.6 Å². The number of ether oxygens (including phenoxy) is 2. The van der Waals surface area contributed by atoms with E-state index in [9.17, 15) is 14.4 Å². The smallest absolute Gasteiger partial charge is 0.339 e. The second-order valence-electron chi connectivity index (χ2n) is 5.24. The Morgan fingerprint density at radius 2 is 1.83 bits per heavy atom. The molecule has 2 unspecified atom stereocenters. The summed E-state index contributed by atoms with van der Waals surface area (Å²) in [6.07, 6.45) is -0.195. The lowest BCUT2D eigenvalue weighted by molar-refractivity contribution is -0.156. The van der Waals surface area contributed by atoms with Crippen molar-refractivity contribution < 1.29 is 29.0 Å². The number of hydrogen-bond acceptors (Lipinski definition) is 5. The van der Waals surface area contributed by atoms with Crippen molar-refractivity contribution >= 4 is 17.7 Å². The molecule has 0 spiro atoms. The van der Waals surface area contributed by atoms with Gasteiger partial charge in [0.25, 0.3) is 0 Å². The minimum atomic E-state index is -1.01. The maximum absolute atomic E-state index is 12.0. The molecule has 0 saturated carbocycles. The first-order chi connectivity index (χ1) is 11.0. The van der Waals surface area contributed by atoms with E-state index >= 15 is 0 Å². The lowest BCUT2D eigenvalue weighted by Crippen LogP contribution is -2.20. The van der Waals surface area contributed by atoms with E-state index in [2.05, 4.69) is 0 Å². The van der Waals surface area contributed by atoms with Gasteiger partial charge in [0.15, 0.2) is 6.10 Å². The fourth-order valence-electron chi connectivity index (χ4n) is 2.23. The van der Waals surface area contributed by atoms with E-state index in [1.54, 1.807) is 24.3 Å². The fourth-order valence-corrected chi connectivity index (χ4v) is 2.23. The molecule has 0 heterocycles. The number of esters is 1. The van der Waals surface area contributed by atoms with E-state index in [1.807, 2.05) is 6.07 Å². The Labute approximate surface area is 135 Å². The van der Waals surface area contributed by atoms with Gasteiger partial charge in [-0.1, -0.05) is 30.3 Å². The summed E-state index contributed by atoms with van der Waals surface area (Å²) in [5.41, 5.74) is 0.701. The Hall–Kier alpha value is -2.21. The largest absolute Gasteiger partial charge is 0.481 e. The van der Waals surface area contributed by atoms with E-state index in [1.165, 1.54) is 14.0 Å². The van der Waals surface area contributed by atoms with Gasteiger partial charge in [-0.05, 0) is 25.3 Å². The van der Waals surface area contributed by atoms with E-state index in [0.717, 1.165) is 0 Å². The van der Waals surface area contributed by atoms with Crippen LogP contribution in [0.3, 0.4) is 0 Å². The van der Waals surface area contributed by atoms with Gasteiger partial charge in [-0.2, -0.15) is 0 Å². The lowest BCUT2D eigenvalue weighted by atomic mass is 9.96. The predicted octanol–water partition coefficient (Wildman–Crippen LogP) is 2.38. The summed E-state index contributed by atoms with van der Waals surface area (Å²) in [6, 6.07) is 8.99. The molecule has 6 heteroatoms. The molecule has 0 aliphatic carbocycles. The number of benzene rings is 1. The average Bonchev–Trinajstić information content (AvgIpc) is 2.51. The van der Waals surface area contributed by atoms with Crippen molar-refractivity contribution in [2.24, 2.45) is 5.92 Å². The molecule has 23 heavy (non-hydrogen) atoms. The Balaban J connectivity index is 2.43. The fraction of sp³-hybridized carbons (Fsp3) is 0.471. The van der Waals surface area contributed by atoms with Crippen LogP contribution in [0.4, 0.5) is 0 Å². The lowest BCUT2D eigenvalue weighted by Gasteiger charge is -2.15. The normalized spacial score (nSPS) is 13.1. The molecule has 1 aromatic carbocycles. The van der Waals surface area contributed by atoms with Gasteiger partial charge in [0, 0.05) is 13.0 Å². The van der Waals surface area contributed by atoms with Crippen molar-refractivity contribution in [1.82, 2.24) is 0 Å². The number of ketones is 1. The topological polar surface area (TPSA) is 89.9 Å². The molecule has 6 nitrogen and oxygen atoms in total. The maximum atomic E-state index is 12.0. The third-order valence-corrected chi connectivity index (χ3v) is 3.49. The van der Waals surface area contributed by atoms with Crippen molar-refractivity contribution in [3.63, 3.8) is 0 Å². The number of Topliss-reactive ketones (excluding diaryl/α,β-unsaturated/α-hetero) is 1. The Kier molecular flexibility index (Phi) is 7.97. The van der Waals surface area contributed by atoms with Crippen LogP contribution in [-0.4, -0.2) is 36.5 Å². The first kappa shape index (κ1) is 18.8. The summed E-state index contributed by atoms with van der Waals surface area (Å²) in [4.78, 5) is 34.1. The van der Waals surface area contributed by atoms with E-state index in [-0.39, 0.29) is 18.8 Å². The van der Waals surface area contributed by atoms with Crippen LogP contribution >= 0.6 is 0 Å². The summed E-state index contributed by atoms with van der Waals surface area (Å²) in [5, 5.41) is 8.75. The number of carbonyl (C=O) groups excluding carboxylic acids is 2. The summed E-state index contributed by atoms with van der Waals surface area (Å²) in [5.74, 6) is -2.22. The average molecular weight is 322 g/mol. The molecule has 0 aromatic heterocycles.